The Morgan fingerprint density at radius 1 is 0.909 bits per heavy atom. The molecule has 0 saturated carbocycles. The molecule has 2 aliphatic heterocycles. The van der Waals surface area contributed by atoms with E-state index >= 15 is 0 Å². The van der Waals surface area contributed by atoms with Gasteiger partial charge in [-0.25, -0.2) is 4.39 Å². The zero-order valence-corrected chi connectivity index (χ0v) is 19.0. The van der Waals surface area contributed by atoms with E-state index in [4.69, 9.17) is 14.2 Å². The second kappa shape index (κ2) is 9.79. The van der Waals surface area contributed by atoms with Gasteiger partial charge < -0.3 is 24.0 Å². The standard InChI is InChI=1S/C25H29FN2O5/c1-31-20-7-8-21(22(17-20)32-2)23(29)27-11-13-28(14-12-27)24(30)25(9-15-33-16-10-25)18-3-5-19(26)6-4-18/h3-8,17H,9-16H2,1-2H3. The Bertz CT molecular complexity index is 996. The third kappa shape index (κ3) is 4.53. The number of rotatable bonds is 5. The van der Waals surface area contributed by atoms with E-state index in [0.717, 1.165) is 5.56 Å². The van der Waals surface area contributed by atoms with Crippen molar-refractivity contribution in [3.8, 4) is 11.5 Å². The minimum absolute atomic E-state index is 0.0199. The summed E-state index contributed by atoms with van der Waals surface area (Å²) in [5.74, 6) is 0.624. The first kappa shape index (κ1) is 23.0. The first-order chi connectivity index (χ1) is 16.0. The molecule has 2 amide bonds. The molecule has 2 heterocycles. The Hall–Kier alpha value is -3.13. The van der Waals surface area contributed by atoms with Gasteiger partial charge in [-0.15, -0.1) is 0 Å². The van der Waals surface area contributed by atoms with E-state index in [-0.39, 0.29) is 17.6 Å². The van der Waals surface area contributed by atoms with E-state index in [2.05, 4.69) is 0 Å². The van der Waals surface area contributed by atoms with Crippen LogP contribution in [0.4, 0.5) is 4.39 Å². The van der Waals surface area contributed by atoms with Gasteiger partial charge in [-0.3, -0.25) is 9.59 Å². The molecule has 0 spiro atoms. The lowest BCUT2D eigenvalue weighted by Crippen LogP contribution is -2.56. The molecule has 2 aromatic rings. The molecular formula is C25H29FN2O5. The summed E-state index contributed by atoms with van der Waals surface area (Å²) in [5, 5.41) is 0. The monoisotopic (exact) mass is 456 g/mol. The average molecular weight is 457 g/mol. The highest BCUT2D eigenvalue weighted by Gasteiger charge is 2.44. The predicted octanol–water partition coefficient (Wildman–Crippen LogP) is 2.88. The van der Waals surface area contributed by atoms with Crippen molar-refractivity contribution in [3.63, 3.8) is 0 Å². The number of ether oxygens (including phenoxy) is 3. The highest BCUT2D eigenvalue weighted by molar-refractivity contribution is 5.97. The quantitative estimate of drug-likeness (QED) is 0.692. The van der Waals surface area contributed by atoms with Crippen molar-refractivity contribution in [2.45, 2.75) is 18.3 Å². The number of methoxy groups -OCH3 is 2. The van der Waals surface area contributed by atoms with E-state index in [1.807, 2.05) is 4.90 Å². The lowest BCUT2D eigenvalue weighted by molar-refractivity contribution is -0.142. The van der Waals surface area contributed by atoms with Gasteiger partial charge in [0.15, 0.2) is 0 Å². The third-order valence-electron chi connectivity index (χ3n) is 6.65. The number of halogens is 1. The highest BCUT2D eigenvalue weighted by Crippen LogP contribution is 2.37. The smallest absolute Gasteiger partial charge is 0.257 e. The van der Waals surface area contributed by atoms with E-state index in [1.54, 1.807) is 42.3 Å². The number of hydrogen-bond donors (Lipinski definition) is 0. The molecule has 2 aliphatic rings. The number of carbonyl (C=O) groups is 2. The van der Waals surface area contributed by atoms with Gasteiger partial charge >= 0.3 is 0 Å². The Labute approximate surface area is 193 Å². The Morgan fingerprint density at radius 2 is 1.55 bits per heavy atom. The van der Waals surface area contributed by atoms with Gasteiger partial charge in [-0.05, 0) is 42.7 Å². The van der Waals surface area contributed by atoms with Crippen LogP contribution in [0.25, 0.3) is 0 Å². The van der Waals surface area contributed by atoms with Crippen LogP contribution in [-0.2, 0) is 14.9 Å². The largest absolute Gasteiger partial charge is 0.497 e. The molecule has 2 aromatic carbocycles. The minimum Gasteiger partial charge on any atom is -0.497 e. The van der Waals surface area contributed by atoms with Gasteiger partial charge in [0, 0.05) is 45.5 Å². The van der Waals surface area contributed by atoms with E-state index in [9.17, 15) is 14.0 Å². The molecule has 8 heteroatoms. The Kier molecular flexibility index (Phi) is 6.83. The highest BCUT2D eigenvalue weighted by atomic mass is 19.1. The van der Waals surface area contributed by atoms with Crippen molar-refractivity contribution in [1.82, 2.24) is 9.80 Å². The lowest BCUT2D eigenvalue weighted by atomic mass is 9.73. The fraction of sp³-hybridized carbons (Fsp3) is 0.440. The lowest BCUT2D eigenvalue weighted by Gasteiger charge is -2.43. The first-order valence-electron chi connectivity index (χ1n) is 11.1. The van der Waals surface area contributed by atoms with Crippen molar-refractivity contribution >= 4 is 11.8 Å². The molecule has 176 valence electrons. The van der Waals surface area contributed by atoms with E-state index < -0.39 is 5.41 Å². The molecule has 0 aliphatic carbocycles. The molecule has 4 rings (SSSR count). The number of nitrogens with zero attached hydrogens (tertiary/aromatic N) is 2. The maximum Gasteiger partial charge on any atom is 0.257 e. The molecule has 7 nitrogen and oxygen atoms in total. The summed E-state index contributed by atoms with van der Waals surface area (Å²) in [4.78, 5) is 30.4. The topological polar surface area (TPSA) is 68.3 Å². The van der Waals surface area contributed by atoms with Crippen LogP contribution in [0.1, 0.15) is 28.8 Å². The average Bonchev–Trinajstić information content (AvgIpc) is 2.88. The first-order valence-corrected chi connectivity index (χ1v) is 11.1. The summed E-state index contributed by atoms with van der Waals surface area (Å²) in [5.41, 5.74) is 0.557. The molecule has 0 aromatic heterocycles. The molecular weight excluding hydrogens is 427 g/mol. The Balaban J connectivity index is 1.48. The number of amides is 2. The molecule has 2 saturated heterocycles. The van der Waals surface area contributed by atoms with Crippen LogP contribution in [-0.4, -0.2) is 75.2 Å². The molecule has 0 bridgehead atoms. The van der Waals surface area contributed by atoms with Gasteiger partial charge in [0.1, 0.15) is 17.3 Å². The zero-order chi connectivity index (χ0) is 23.4. The number of carbonyl (C=O) groups excluding carboxylic acids is 2. The molecule has 0 N–H and O–H groups in total. The van der Waals surface area contributed by atoms with Crippen molar-refractivity contribution in [3.05, 3.63) is 59.4 Å². The van der Waals surface area contributed by atoms with Crippen LogP contribution in [0.2, 0.25) is 0 Å². The van der Waals surface area contributed by atoms with Crippen LogP contribution < -0.4 is 9.47 Å². The molecule has 0 radical (unpaired) electrons. The summed E-state index contributed by atoms with van der Waals surface area (Å²) in [7, 11) is 3.08. The molecule has 0 unspecified atom stereocenters. The SMILES string of the molecule is COc1ccc(C(=O)N2CCN(C(=O)C3(c4ccc(F)cc4)CCOCC3)CC2)c(OC)c1. The fourth-order valence-electron chi connectivity index (χ4n) is 4.68. The maximum absolute atomic E-state index is 13.7. The number of benzene rings is 2. The minimum atomic E-state index is -0.725. The summed E-state index contributed by atoms with van der Waals surface area (Å²) < 4.78 is 29.6. The van der Waals surface area contributed by atoms with E-state index in [0.29, 0.717) is 69.3 Å². The normalized spacial score (nSPS) is 18.0. The summed E-state index contributed by atoms with van der Waals surface area (Å²) in [6, 6.07) is 11.3. The second-order valence-corrected chi connectivity index (χ2v) is 8.35. The van der Waals surface area contributed by atoms with Gasteiger partial charge in [-0.2, -0.15) is 0 Å². The van der Waals surface area contributed by atoms with Crippen LogP contribution in [0.15, 0.2) is 42.5 Å². The second-order valence-electron chi connectivity index (χ2n) is 8.35. The summed E-state index contributed by atoms with van der Waals surface area (Å²) >= 11 is 0. The summed E-state index contributed by atoms with van der Waals surface area (Å²) in [6.45, 7) is 2.70. The van der Waals surface area contributed by atoms with Gasteiger partial charge in [-0.1, -0.05) is 12.1 Å². The predicted molar refractivity (Wildman–Crippen MR) is 120 cm³/mol. The van der Waals surface area contributed by atoms with Crippen molar-refractivity contribution in [2.24, 2.45) is 0 Å². The van der Waals surface area contributed by atoms with Crippen molar-refractivity contribution in [1.29, 1.82) is 0 Å². The number of hydrogen-bond acceptors (Lipinski definition) is 5. The fourth-order valence-corrected chi connectivity index (χ4v) is 4.68. The summed E-state index contributed by atoms with van der Waals surface area (Å²) in [6.07, 6.45) is 1.11. The number of piperazine rings is 1. The van der Waals surface area contributed by atoms with Gasteiger partial charge in [0.05, 0.1) is 25.2 Å². The molecule has 2 fully saturated rings. The van der Waals surface area contributed by atoms with Crippen LogP contribution in [0.3, 0.4) is 0 Å². The van der Waals surface area contributed by atoms with Crippen LogP contribution in [0, 0.1) is 5.82 Å². The van der Waals surface area contributed by atoms with Gasteiger partial charge in [0.2, 0.25) is 5.91 Å². The third-order valence-corrected chi connectivity index (χ3v) is 6.65. The maximum atomic E-state index is 13.7. The van der Waals surface area contributed by atoms with Crippen LogP contribution in [0.5, 0.6) is 11.5 Å². The van der Waals surface area contributed by atoms with Crippen LogP contribution >= 0.6 is 0 Å². The molecule has 0 atom stereocenters. The Morgan fingerprint density at radius 3 is 2.15 bits per heavy atom. The zero-order valence-electron chi connectivity index (χ0n) is 19.0. The van der Waals surface area contributed by atoms with Gasteiger partial charge in [0.25, 0.3) is 5.91 Å². The van der Waals surface area contributed by atoms with Crippen molar-refractivity contribution < 1.29 is 28.2 Å². The van der Waals surface area contributed by atoms with Crippen molar-refractivity contribution in [2.75, 3.05) is 53.6 Å². The molecule has 33 heavy (non-hydrogen) atoms. The van der Waals surface area contributed by atoms with E-state index in [1.165, 1.54) is 19.2 Å².